The molecule has 0 bridgehead atoms. The smallest absolute Gasteiger partial charge is 0.330 e. The Morgan fingerprint density at radius 2 is 1.94 bits per heavy atom. The average molecular weight is 230 g/mol. The predicted octanol–water partition coefficient (Wildman–Crippen LogP) is 0.666. The number of carbonyl (C=O) groups is 2. The summed E-state index contributed by atoms with van der Waals surface area (Å²) in [7, 11) is 0. The van der Waals surface area contributed by atoms with Crippen molar-refractivity contribution in [3.8, 4) is 0 Å². The summed E-state index contributed by atoms with van der Waals surface area (Å²) in [6.07, 6.45) is 0.676. The molecule has 92 valence electrons. The quantitative estimate of drug-likeness (QED) is 0.514. The molecule has 5 heteroatoms. The zero-order valence-corrected chi connectivity index (χ0v) is 9.64. The molecule has 0 aromatic rings. The summed E-state index contributed by atoms with van der Waals surface area (Å²) in [6.45, 7) is 6.43. The summed E-state index contributed by atoms with van der Waals surface area (Å²) < 4.78 is 9.39. The summed E-state index contributed by atoms with van der Waals surface area (Å²) >= 11 is 0. The van der Waals surface area contributed by atoms with Crippen molar-refractivity contribution in [1.29, 1.82) is 0 Å². The second-order valence-corrected chi connectivity index (χ2v) is 3.43. The molecule has 0 aromatic carbocycles. The zero-order valence-electron chi connectivity index (χ0n) is 9.64. The summed E-state index contributed by atoms with van der Waals surface area (Å²) in [5.74, 6) is -1.17. The molecule has 0 radical (unpaired) electrons. The van der Waals surface area contributed by atoms with Gasteiger partial charge in [-0.15, -0.1) is 0 Å². The highest BCUT2D eigenvalue weighted by molar-refractivity contribution is 5.81. The van der Waals surface area contributed by atoms with Gasteiger partial charge in [-0.2, -0.15) is 0 Å². The maximum Gasteiger partial charge on any atom is 0.330 e. The van der Waals surface area contributed by atoms with Gasteiger partial charge in [-0.25, -0.2) is 4.79 Å². The lowest BCUT2D eigenvalue weighted by molar-refractivity contribution is -0.153. The third kappa shape index (κ3) is 6.19. The van der Waals surface area contributed by atoms with E-state index in [-0.39, 0.29) is 25.1 Å². The molecular formula is C11H18O5. The molecule has 0 saturated carbocycles. The van der Waals surface area contributed by atoms with Crippen LogP contribution in [0.1, 0.15) is 20.3 Å². The number of hydrogen-bond donors (Lipinski definition) is 1. The molecular weight excluding hydrogens is 212 g/mol. The Kier molecular flexibility index (Phi) is 7.20. The van der Waals surface area contributed by atoms with E-state index < -0.39 is 12.1 Å². The van der Waals surface area contributed by atoms with Gasteiger partial charge in [0.15, 0.2) is 0 Å². The Bertz CT molecular complexity index is 249. The van der Waals surface area contributed by atoms with Crippen LogP contribution in [0.25, 0.3) is 0 Å². The molecule has 0 aliphatic heterocycles. The molecule has 5 nitrogen and oxygen atoms in total. The molecule has 0 rings (SSSR count). The van der Waals surface area contributed by atoms with E-state index in [9.17, 15) is 14.7 Å². The molecule has 0 heterocycles. The normalized spacial score (nSPS) is 13.7. The third-order valence-electron chi connectivity index (χ3n) is 2.02. The number of hydrogen-bond acceptors (Lipinski definition) is 5. The number of aliphatic hydroxyl groups excluding tert-OH is 1. The predicted molar refractivity (Wildman–Crippen MR) is 57.6 cm³/mol. The summed E-state index contributed by atoms with van der Waals surface area (Å²) in [4.78, 5) is 21.9. The summed E-state index contributed by atoms with van der Waals surface area (Å²) in [5, 5.41) is 9.31. The van der Waals surface area contributed by atoms with Crippen LogP contribution in [0.5, 0.6) is 0 Å². The van der Waals surface area contributed by atoms with Crippen LogP contribution in [0.3, 0.4) is 0 Å². The lowest BCUT2D eigenvalue weighted by Crippen LogP contribution is -2.26. The van der Waals surface area contributed by atoms with Gasteiger partial charge in [0.1, 0.15) is 19.3 Å². The van der Waals surface area contributed by atoms with Crippen molar-refractivity contribution in [2.75, 3.05) is 13.2 Å². The molecule has 0 amide bonds. The fourth-order valence-corrected chi connectivity index (χ4v) is 0.773. The van der Waals surface area contributed by atoms with Crippen molar-refractivity contribution >= 4 is 11.9 Å². The molecule has 16 heavy (non-hydrogen) atoms. The molecule has 0 aliphatic rings. The second-order valence-electron chi connectivity index (χ2n) is 3.43. The molecule has 2 atom stereocenters. The van der Waals surface area contributed by atoms with Gasteiger partial charge in [0, 0.05) is 6.08 Å². The van der Waals surface area contributed by atoms with Crippen LogP contribution >= 0.6 is 0 Å². The Balaban J connectivity index is 3.72. The minimum absolute atomic E-state index is 0.173. The van der Waals surface area contributed by atoms with E-state index in [1.807, 2.05) is 6.92 Å². The number of aliphatic hydroxyl groups is 1. The first kappa shape index (κ1) is 14.6. The SMILES string of the molecule is C=CC(=O)OCC(O)COC(=O)C(C)CC. The van der Waals surface area contributed by atoms with Gasteiger partial charge in [0.2, 0.25) is 0 Å². The van der Waals surface area contributed by atoms with E-state index in [0.717, 1.165) is 6.08 Å². The summed E-state index contributed by atoms with van der Waals surface area (Å²) in [5.41, 5.74) is 0. The van der Waals surface area contributed by atoms with Crippen LogP contribution in [0, 0.1) is 5.92 Å². The van der Waals surface area contributed by atoms with Gasteiger partial charge in [0.25, 0.3) is 0 Å². The molecule has 0 saturated heterocycles. The maximum absolute atomic E-state index is 11.2. The van der Waals surface area contributed by atoms with E-state index in [4.69, 9.17) is 4.74 Å². The first-order chi connectivity index (χ1) is 7.51. The van der Waals surface area contributed by atoms with Gasteiger partial charge in [0.05, 0.1) is 5.92 Å². The fourth-order valence-electron chi connectivity index (χ4n) is 0.773. The van der Waals surface area contributed by atoms with E-state index in [0.29, 0.717) is 6.42 Å². The van der Waals surface area contributed by atoms with Crippen LogP contribution in [-0.4, -0.2) is 36.4 Å². The van der Waals surface area contributed by atoms with E-state index in [1.165, 1.54) is 0 Å². The van der Waals surface area contributed by atoms with Crippen LogP contribution in [0.15, 0.2) is 12.7 Å². The van der Waals surface area contributed by atoms with Gasteiger partial charge in [-0.3, -0.25) is 4.79 Å². The van der Waals surface area contributed by atoms with Gasteiger partial charge >= 0.3 is 11.9 Å². The maximum atomic E-state index is 11.2. The molecule has 0 spiro atoms. The molecule has 0 aliphatic carbocycles. The summed E-state index contributed by atoms with van der Waals surface area (Å²) in [6, 6.07) is 0. The minimum atomic E-state index is -1.00. The van der Waals surface area contributed by atoms with E-state index in [2.05, 4.69) is 11.3 Å². The van der Waals surface area contributed by atoms with Crippen molar-refractivity contribution in [2.45, 2.75) is 26.4 Å². The van der Waals surface area contributed by atoms with E-state index in [1.54, 1.807) is 6.92 Å². The lowest BCUT2D eigenvalue weighted by atomic mass is 10.1. The fraction of sp³-hybridized carbons (Fsp3) is 0.636. The second kappa shape index (κ2) is 7.87. The van der Waals surface area contributed by atoms with Crippen LogP contribution in [0.2, 0.25) is 0 Å². The molecule has 0 fully saturated rings. The van der Waals surface area contributed by atoms with Crippen molar-refractivity contribution < 1.29 is 24.2 Å². The third-order valence-corrected chi connectivity index (χ3v) is 2.02. The standard InChI is InChI=1S/C11H18O5/c1-4-8(3)11(14)16-7-9(12)6-15-10(13)5-2/h5,8-9,12H,2,4,6-7H2,1,3H3. The molecule has 2 unspecified atom stereocenters. The van der Waals surface area contributed by atoms with E-state index >= 15 is 0 Å². The van der Waals surface area contributed by atoms with Crippen molar-refractivity contribution in [3.05, 3.63) is 12.7 Å². The van der Waals surface area contributed by atoms with Crippen molar-refractivity contribution in [3.63, 3.8) is 0 Å². The van der Waals surface area contributed by atoms with Crippen LogP contribution in [0.4, 0.5) is 0 Å². The highest BCUT2D eigenvalue weighted by atomic mass is 16.6. The van der Waals surface area contributed by atoms with Crippen molar-refractivity contribution in [1.82, 2.24) is 0 Å². The van der Waals surface area contributed by atoms with Gasteiger partial charge in [-0.05, 0) is 6.42 Å². The van der Waals surface area contributed by atoms with Gasteiger partial charge < -0.3 is 14.6 Å². The largest absolute Gasteiger partial charge is 0.463 e. The number of esters is 2. The average Bonchev–Trinajstić information content (AvgIpc) is 2.31. The number of ether oxygens (including phenoxy) is 2. The first-order valence-electron chi connectivity index (χ1n) is 5.15. The highest BCUT2D eigenvalue weighted by Gasteiger charge is 2.15. The highest BCUT2D eigenvalue weighted by Crippen LogP contribution is 2.03. The Morgan fingerprint density at radius 1 is 1.38 bits per heavy atom. The van der Waals surface area contributed by atoms with Crippen molar-refractivity contribution in [2.24, 2.45) is 5.92 Å². The minimum Gasteiger partial charge on any atom is -0.463 e. The van der Waals surface area contributed by atoms with Gasteiger partial charge in [-0.1, -0.05) is 20.4 Å². The Labute approximate surface area is 95.0 Å². The number of rotatable bonds is 7. The topological polar surface area (TPSA) is 72.8 Å². The number of carbonyl (C=O) groups excluding carboxylic acids is 2. The lowest BCUT2D eigenvalue weighted by Gasteiger charge is -2.13. The Morgan fingerprint density at radius 3 is 2.44 bits per heavy atom. The first-order valence-corrected chi connectivity index (χ1v) is 5.15. The van der Waals surface area contributed by atoms with Crippen LogP contribution in [-0.2, 0) is 19.1 Å². The Hall–Kier alpha value is -1.36. The monoisotopic (exact) mass is 230 g/mol. The molecule has 1 N–H and O–H groups in total. The zero-order chi connectivity index (χ0) is 12.6. The van der Waals surface area contributed by atoms with Crippen LogP contribution < -0.4 is 0 Å². The molecule has 0 aromatic heterocycles.